The fourth-order valence-electron chi connectivity index (χ4n) is 4.77. The van der Waals surface area contributed by atoms with Gasteiger partial charge in [-0.2, -0.15) is 0 Å². The van der Waals surface area contributed by atoms with E-state index >= 15 is 0 Å². The SMILES string of the molecule is CC(C)C[C@@]1(C(=O)O)C[C@H](C(N)=O)[C@H](c2cccs2)N1C(=O)c1ccc(C(C)(C)C)cc1. The van der Waals surface area contributed by atoms with E-state index in [1.807, 2.05) is 43.5 Å². The lowest BCUT2D eigenvalue weighted by atomic mass is 9.83. The summed E-state index contributed by atoms with van der Waals surface area (Å²) in [5.41, 5.74) is 5.64. The molecule has 0 unspecified atom stereocenters. The lowest BCUT2D eigenvalue weighted by Gasteiger charge is -2.39. The maximum absolute atomic E-state index is 13.9. The Hall–Kier alpha value is -2.67. The Labute approximate surface area is 193 Å². The zero-order chi connectivity index (χ0) is 23.8. The number of nitrogens with zero attached hydrogens (tertiary/aromatic N) is 1. The van der Waals surface area contributed by atoms with Gasteiger partial charge in [0.25, 0.3) is 5.91 Å². The molecule has 1 aromatic heterocycles. The lowest BCUT2D eigenvalue weighted by molar-refractivity contribution is -0.150. The number of likely N-dealkylation sites (tertiary alicyclic amines) is 1. The number of carbonyl (C=O) groups is 3. The number of rotatable bonds is 6. The van der Waals surface area contributed by atoms with Gasteiger partial charge in [-0.3, -0.25) is 9.59 Å². The molecule has 3 atom stereocenters. The monoisotopic (exact) mass is 456 g/mol. The summed E-state index contributed by atoms with van der Waals surface area (Å²) in [7, 11) is 0. The Kier molecular flexibility index (Phi) is 6.52. The van der Waals surface area contributed by atoms with E-state index in [9.17, 15) is 19.5 Å². The first-order valence-electron chi connectivity index (χ1n) is 10.9. The van der Waals surface area contributed by atoms with E-state index in [1.54, 1.807) is 12.1 Å². The molecule has 2 heterocycles. The number of carboxylic acids is 1. The van der Waals surface area contributed by atoms with Crippen molar-refractivity contribution in [3.63, 3.8) is 0 Å². The predicted molar refractivity (Wildman–Crippen MR) is 125 cm³/mol. The minimum atomic E-state index is -1.51. The molecule has 0 bridgehead atoms. The van der Waals surface area contributed by atoms with Crippen molar-refractivity contribution in [1.82, 2.24) is 4.90 Å². The lowest BCUT2D eigenvalue weighted by Crippen LogP contribution is -2.54. The van der Waals surface area contributed by atoms with Crippen LogP contribution in [0.1, 0.15) is 74.3 Å². The molecular weight excluding hydrogens is 424 g/mol. The zero-order valence-electron chi connectivity index (χ0n) is 19.3. The predicted octanol–water partition coefficient (Wildman–Crippen LogP) is 4.60. The molecule has 2 amide bonds. The van der Waals surface area contributed by atoms with Gasteiger partial charge in [0, 0.05) is 10.4 Å². The summed E-state index contributed by atoms with van der Waals surface area (Å²) < 4.78 is 0. The minimum Gasteiger partial charge on any atom is -0.479 e. The van der Waals surface area contributed by atoms with Crippen molar-refractivity contribution in [3.05, 3.63) is 57.8 Å². The maximum Gasteiger partial charge on any atom is 0.329 e. The van der Waals surface area contributed by atoms with E-state index in [2.05, 4.69) is 20.8 Å². The van der Waals surface area contributed by atoms with Crippen molar-refractivity contribution in [3.8, 4) is 0 Å². The second kappa shape index (κ2) is 8.70. The van der Waals surface area contributed by atoms with Gasteiger partial charge in [0.05, 0.1) is 12.0 Å². The van der Waals surface area contributed by atoms with Gasteiger partial charge in [-0.1, -0.05) is 52.8 Å². The topological polar surface area (TPSA) is 101 Å². The Morgan fingerprint density at radius 1 is 1.19 bits per heavy atom. The highest BCUT2D eigenvalue weighted by atomic mass is 32.1. The van der Waals surface area contributed by atoms with Crippen LogP contribution in [0.25, 0.3) is 0 Å². The van der Waals surface area contributed by atoms with Crippen molar-refractivity contribution in [1.29, 1.82) is 0 Å². The summed E-state index contributed by atoms with van der Waals surface area (Å²) in [6.45, 7) is 10.1. The molecule has 7 heteroatoms. The van der Waals surface area contributed by atoms with Crippen molar-refractivity contribution in [2.75, 3.05) is 0 Å². The van der Waals surface area contributed by atoms with Crippen LogP contribution in [0.3, 0.4) is 0 Å². The molecule has 1 fully saturated rings. The summed E-state index contributed by atoms with van der Waals surface area (Å²) in [6.07, 6.45) is 0.240. The summed E-state index contributed by atoms with van der Waals surface area (Å²) in [5.74, 6) is -2.86. The maximum atomic E-state index is 13.9. The Bertz CT molecular complexity index is 992. The van der Waals surface area contributed by atoms with E-state index < -0.39 is 35.3 Å². The molecule has 3 rings (SSSR count). The molecular formula is C25H32N2O4S. The van der Waals surface area contributed by atoms with Gasteiger partial charge in [0.15, 0.2) is 0 Å². The van der Waals surface area contributed by atoms with Gasteiger partial charge in [0.2, 0.25) is 5.91 Å². The summed E-state index contributed by atoms with van der Waals surface area (Å²) in [5, 5.41) is 12.3. The van der Waals surface area contributed by atoms with Crippen LogP contribution in [0.2, 0.25) is 0 Å². The number of carboxylic acid groups (broad SMARTS) is 1. The first-order chi connectivity index (χ1) is 14.9. The fourth-order valence-corrected chi connectivity index (χ4v) is 5.65. The highest BCUT2D eigenvalue weighted by Gasteiger charge is 2.60. The van der Waals surface area contributed by atoms with Crippen molar-refractivity contribution in [2.24, 2.45) is 17.6 Å². The van der Waals surface area contributed by atoms with E-state index in [4.69, 9.17) is 5.73 Å². The standard InChI is InChI=1S/C25H32N2O4S/c1-15(2)13-25(23(30)31)14-18(21(26)28)20(19-7-6-12-32-19)27(25)22(29)16-8-10-17(11-9-16)24(3,4)5/h6-12,15,18,20H,13-14H2,1-5H3,(H2,26,28)(H,30,31)/t18-,20+,25-/m0/s1. The van der Waals surface area contributed by atoms with Gasteiger partial charge < -0.3 is 15.7 Å². The van der Waals surface area contributed by atoms with Crippen LogP contribution >= 0.6 is 11.3 Å². The summed E-state index contributed by atoms with van der Waals surface area (Å²) >= 11 is 1.40. The second-order valence-electron chi connectivity index (χ2n) is 10.1. The fraction of sp³-hybridized carbons (Fsp3) is 0.480. The van der Waals surface area contributed by atoms with Crippen molar-refractivity contribution < 1.29 is 19.5 Å². The molecule has 1 aliphatic heterocycles. The quantitative estimate of drug-likeness (QED) is 0.663. The van der Waals surface area contributed by atoms with Crippen LogP contribution < -0.4 is 5.73 Å². The number of hydrogen-bond acceptors (Lipinski definition) is 4. The van der Waals surface area contributed by atoms with Crippen LogP contribution in [0.15, 0.2) is 41.8 Å². The molecule has 1 aliphatic rings. The Morgan fingerprint density at radius 2 is 1.81 bits per heavy atom. The Morgan fingerprint density at radius 3 is 2.25 bits per heavy atom. The van der Waals surface area contributed by atoms with Gasteiger partial charge in [-0.05, 0) is 53.3 Å². The summed E-state index contributed by atoms with van der Waals surface area (Å²) in [6, 6.07) is 10.3. The van der Waals surface area contributed by atoms with Gasteiger partial charge in [0.1, 0.15) is 5.54 Å². The largest absolute Gasteiger partial charge is 0.479 e. The molecule has 0 saturated carbocycles. The first kappa shape index (κ1) is 24.0. The first-order valence-corrected chi connectivity index (χ1v) is 11.8. The Balaban J connectivity index is 2.17. The smallest absolute Gasteiger partial charge is 0.329 e. The number of thiophene rings is 1. The number of carbonyl (C=O) groups excluding carboxylic acids is 2. The molecule has 3 N–H and O–H groups in total. The number of amides is 2. The van der Waals surface area contributed by atoms with Gasteiger partial charge in [-0.15, -0.1) is 11.3 Å². The minimum absolute atomic E-state index is 0.000258. The van der Waals surface area contributed by atoms with Crippen LogP contribution in [0.5, 0.6) is 0 Å². The number of nitrogens with two attached hydrogens (primary N) is 1. The average Bonchev–Trinajstić information content (AvgIpc) is 3.33. The normalized spacial score (nSPS) is 23.5. The molecule has 1 saturated heterocycles. The molecule has 0 spiro atoms. The van der Waals surface area contributed by atoms with Crippen LogP contribution in [-0.2, 0) is 15.0 Å². The van der Waals surface area contributed by atoms with Gasteiger partial charge >= 0.3 is 5.97 Å². The number of hydrogen-bond donors (Lipinski definition) is 2. The second-order valence-corrected chi connectivity index (χ2v) is 11.1. The van der Waals surface area contributed by atoms with Crippen molar-refractivity contribution in [2.45, 2.75) is 64.5 Å². The number of primary amides is 1. The molecule has 0 aliphatic carbocycles. The van der Waals surface area contributed by atoms with Crippen LogP contribution in [0, 0.1) is 11.8 Å². The molecule has 1 aromatic carbocycles. The molecule has 32 heavy (non-hydrogen) atoms. The number of aliphatic carboxylic acids is 1. The third-order valence-electron chi connectivity index (χ3n) is 6.24. The highest BCUT2D eigenvalue weighted by Crippen LogP contribution is 2.51. The third-order valence-corrected chi connectivity index (χ3v) is 7.18. The molecule has 2 aromatic rings. The van der Waals surface area contributed by atoms with E-state index in [0.29, 0.717) is 5.56 Å². The zero-order valence-corrected chi connectivity index (χ0v) is 20.1. The van der Waals surface area contributed by atoms with Crippen molar-refractivity contribution >= 4 is 29.1 Å². The molecule has 172 valence electrons. The number of benzene rings is 1. The van der Waals surface area contributed by atoms with E-state index in [1.165, 1.54) is 16.2 Å². The van der Waals surface area contributed by atoms with E-state index in [0.717, 1.165) is 10.4 Å². The molecule has 6 nitrogen and oxygen atoms in total. The molecule has 0 radical (unpaired) electrons. The summed E-state index contributed by atoms with van der Waals surface area (Å²) in [4.78, 5) is 41.3. The van der Waals surface area contributed by atoms with Crippen LogP contribution in [0.4, 0.5) is 0 Å². The van der Waals surface area contributed by atoms with Gasteiger partial charge in [-0.25, -0.2) is 4.79 Å². The highest BCUT2D eigenvalue weighted by molar-refractivity contribution is 7.10. The average molecular weight is 457 g/mol. The van der Waals surface area contributed by atoms with Crippen LogP contribution in [-0.4, -0.2) is 33.3 Å². The van der Waals surface area contributed by atoms with E-state index in [-0.39, 0.29) is 24.2 Å². The third kappa shape index (κ3) is 4.31.